The zero-order chi connectivity index (χ0) is 10.8. The van der Waals surface area contributed by atoms with Crippen LogP contribution >= 0.6 is 11.6 Å². The van der Waals surface area contributed by atoms with E-state index in [1.54, 1.807) is 4.57 Å². The molecule has 2 aromatic rings. The molecule has 0 saturated heterocycles. The van der Waals surface area contributed by atoms with E-state index >= 15 is 0 Å². The zero-order valence-electron chi connectivity index (χ0n) is 8.31. The Bertz CT molecular complexity index is 465. The molecule has 0 bridgehead atoms. The highest BCUT2D eigenvalue weighted by atomic mass is 35.5. The second kappa shape index (κ2) is 4.04. The van der Waals surface area contributed by atoms with Gasteiger partial charge in [0.15, 0.2) is 0 Å². The van der Waals surface area contributed by atoms with Gasteiger partial charge in [-0.2, -0.15) is 0 Å². The number of aliphatic hydroxyl groups excluding tert-OH is 1. The van der Waals surface area contributed by atoms with Crippen LogP contribution in [-0.4, -0.2) is 14.7 Å². The molecular weight excluding hydrogens is 212 g/mol. The van der Waals surface area contributed by atoms with Gasteiger partial charge in [-0.05, 0) is 0 Å². The lowest BCUT2D eigenvalue weighted by molar-refractivity contribution is 0.277. The summed E-state index contributed by atoms with van der Waals surface area (Å²) < 4.78 is 1.77. The van der Waals surface area contributed by atoms with Crippen LogP contribution in [0.3, 0.4) is 0 Å². The van der Waals surface area contributed by atoms with Gasteiger partial charge >= 0.3 is 0 Å². The highest BCUT2D eigenvalue weighted by molar-refractivity contribution is 6.30. The molecule has 1 heterocycles. The van der Waals surface area contributed by atoms with Crippen LogP contribution in [0.5, 0.6) is 0 Å². The fraction of sp³-hybridized carbons (Fsp3) is 0.182. The summed E-state index contributed by atoms with van der Waals surface area (Å²) in [6.07, 6.45) is 0. The quantitative estimate of drug-likeness (QED) is 0.846. The first-order valence-corrected chi connectivity index (χ1v) is 4.99. The largest absolute Gasteiger partial charge is 0.390 e. The van der Waals surface area contributed by atoms with Crippen LogP contribution in [0.4, 0.5) is 0 Å². The molecule has 0 aliphatic rings. The third kappa shape index (κ3) is 1.76. The van der Waals surface area contributed by atoms with Crippen molar-refractivity contribution < 1.29 is 5.11 Å². The fourth-order valence-corrected chi connectivity index (χ4v) is 1.66. The number of halogens is 1. The molecule has 15 heavy (non-hydrogen) atoms. The summed E-state index contributed by atoms with van der Waals surface area (Å²) in [5.74, 6) is 0.768. The van der Waals surface area contributed by atoms with E-state index in [4.69, 9.17) is 16.7 Å². The van der Waals surface area contributed by atoms with Crippen LogP contribution in [0.1, 0.15) is 5.69 Å². The molecule has 78 valence electrons. The Morgan fingerprint density at radius 1 is 1.33 bits per heavy atom. The van der Waals surface area contributed by atoms with Gasteiger partial charge in [0, 0.05) is 12.6 Å². The number of rotatable bonds is 2. The molecule has 4 heteroatoms. The van der Waals surface area contributed by atoms with Crippen molar-refractivity contribution in [1.82, 2.24) is 9.55 Å². The summed E-state index contributed by atoms with van der Waals surface area (Å²) in [7, 11) is 1.83. The maximum atomic E-state index is 9.04. The summed E-state index contributed by atoms with van der Waals surface area (Å²) in [6.45, 7) is -0.139. The minimum absolute atomic E-state index is 0.139. The molecule has 1 aromatic carbocycles. The molecule has 0 saturated carbocycles. The number of aromatic nitrogens is 2. The second-order valence-corrected chi connectivity index (χ2v) is 3.61. The van der Waals surface area contributed by atoms with Crippen molar-refractivity contribution >= 4 is 11.6 Å². The third-order valence-electron chi connectivity index (χ3n) is 2.27. The van der Waals surface area contributed by atoms with Crippen molar-refractivity contribution in [3.05, 3.63) is 41.2 Å². The summed E-state index contributed by atoms with van der Waals surface area (Å²) in [4.78, 5) is 4.28. The van der Waals surface area contributed by atoms with Crippen LogP contribution < -0.4 is 0 Å². The molecule has 0 radical (unpaired) electrons. The first-order chi connectivity index (χ1) is 7.24. The van der Waals surface area contributed by atoms with Gasteiger partial charge in [0.2, 0.25) is 0 Å². The van der Waals surface area contributed by atoms with Crippen molar-refractivity contribution in [2.45, 2.75) is 6.61 Å². The van der Waals surface area contributed by atoms with Crippen molar-refractivity contribution in [3.63, 3.8) is 0 Å². The predicted octanol–water partition coefficient (Wildman–Crippen LogP) is 2.23. The van der Waals surface area contributed by atoms with E-state index in [1.165, 1.54) is 0 Å². The van der Waals surface area contributed by atoms with Gasteiger partial charge in [-0.15, -0.1) is 0 Å². The molecule has 3 nitrogen and oxygen atoms in total. The second-order valence-electron chi connectivity index (χ2n) is 3.26. The Hall–Kier alpha value is -1.32. The van der Waals surface area contributed by atoms with Crippen LogP contribution in [0.15, 0.2) is 30.3 Å². The van der Waals surface area contributed by atoms with Gasteiger partial charge in [-0.25, -0.2) is 4.98 Å². The molecule has 0 fully saturated rings. The molecule has 2 rings (SSSR count). The standard InChI is InChI=1S/C11H11ClN2O/c1-14-10(12)9(7-15)13-11(14)8-5-3-2-4-6-8/h2-6,15H,7H2,1H3. The van der Waals surface area contributed by atoms with Gasteiger partial charge in [-0.3, -0.25) is 0 Å². The van der Waals surface area contributed by atoms with Gasteiger partial charge in [0.05, 0.1) is 6.61 Å². The van der Waals surface area contributed by atoms with E-state index in [1.807, 2.05) is 37.4 Å². The van der Waals surface area contributed by atoms with Gasteiger partial charge in [0.25, 0.3) is 0 Å². The van der Waals surface area contributed by atoms with Crippen molar-refractivity contribution in [1.29, 1.82) is 0 Å². The average molecular weight is 223 g/mol. The minimum atomic E-state index is -0.139. The van der Waals surface area contributed by atoms with E-state index in [0.717, 1.165) is 11.4 Å². The monoisotopic (exact) mass is 222 g/mol. The Morgan fingerprint density at radius 2 is 2.00 bits per heavy atom. The minimum Gasteiger partial charge on any atom is -0.390 e. The molecule has 1 N–H and O–H groups in total. The molecule has 0 aliphatic heterocycles. The predicted molar refractivity (Wildman–Crippen MR) is 59.6 cm³/mol. The summed E-state index contributed by atoms with van der Waals surface area (Å²) in [6, 6.07) is 9.74. The normalized spacial score (nSPS) is 10.6. The van der Waals surface area contributed by atoms with Crippen LogP contribution in [0.25, 0.3) is 11.4 Å². The van der Waals surface area contributed by atoms with E-state index in [9.17, 15) is 0 Å². The van der Waals surface area contributed by atoms with E-state index in [2.05, 4.69) is 4.98 Å². The topological polar surface area (TPSA) is 38.0 Å². The summed E-state index contributed by atoms with van der Waals surface area (Å²) in [5, 5.41) is 9.53. The SMILES string of the molecule is Cn1c(-c2ccccc2)nc(CO)c1Cl. The zero-order valence-corrected chi connectivity index (χ0v) is 9.07. The van der Waals surface area contributed by atoms with Crippen molar-refractivity contribution in [2.24, 2.45) is 7.05 Å². The average Bonchev–Trinajstić information content (AvgIpc) is 2.57. The molecule has 0 aliphatic carbocycles. The highest BCUT2D eigenvalue weighted by Gasteiger charge is 2.12. The van der Waals surface area contributed by atoms with Crippen LogP contribution in [0.2, 0.25) is 5.15 Å². The number of nitrogens with zero attached hydrogens (tertiary/aromatic N) is 2. The Kier molecular flexibility index (Phi) is 2.75. The number of hydrogen-bond acceptors (Lipinski definition) is 2. The smallest absolute Gasteiger partial charge is 0.141 e. The summed E-state index contributed by atoms with van der Waals surface area (Å²) in [5.41, 5.74) is 1.50. The van der Waals surface area contributed by atoms with Crippen molar-refractivity contribution in [3.8, 4) is 11.4 Å². The molecule has 0 atom stereocenters. The van der Waals surface area contributed by atoms with Crippen LogP contribution in [0, 0.1) is 0 Å². The van der Waals surface area contributed by atoms with E-state index in [-0.39, 0.29) is 6.61 Å². The fourth-order valence-electron chi connectivity index (χ4n) is 1.48. The lowest BCUT2D eigenvalue weighted by Crippen LogP contribution is -1.91. The van der Waals surface area contributed by atoms with Crippen LogP contribution in [-0.2, 0) is 13.7 Å². The van der Waals surface area contributed by atoms with Gasteiger partial charge in [-0.1, -0.05) is 41.9 Å². The maximum Gasteiger partial charge on any atom is 0.141 e. The van der Waals surface area contributed by atoms with E-state index in [0.29, 0.717) is 10.8 Å². The summed E-state index contributed by atoms with van der Waals surface area (Å²) >= 11 is 6.00. The first kappa shape index (κ1) is 10.2. The highest BCUT2D eigenvalue weighted by Crippen LogP contribution is 2.24. The first-order valence-electron chi connectivity index (χ1n) is 4.61. The Labute approximate surface area is 93.0 Å². The molecule has 0 unspecified atom stereocenters. The van der Waals surface area contributed by atoms with Gasteiger partial charge < -0.3 is 9.67 Å². The number of imidazole rings is 1. The number of hydrogen-bond donors (Lipinski definition) is 1. The lowest BCUT2D eigenvalue weighted by atomic mass is 10.2. The third-order valence-corrected chi connectivity index (χ3v) is 2.74. The van der Waals surface area contributed by atoms with Crippen molar-refractivity contribution in [2.75, 3.05) is 0 Å². The number of benzene rings is 1. The Balaban J connectivity index is 2.55. The lowest BCUT2D eigenvalue weighted by Gasteiger charge is -2.01. The molecule has 1 aromatic heterocycles. The molecule has 0 amide bonds. The molecular formula is C11H11ClN2O. The van der Waals surface area contributed by atoms with E-state index < -0.39 is 0 Å². The van der Waals surface area contributed by atoms with Gasteiger partial charge in [0.1, 0.15) is 16.7 Å². The molecule has 0 spiro atoms. The maximum absolute atomic E-state index is 9.04. The number of aliphatic hydroxyl groups is 1. The Morgan fingerprint density at radius 3 is 2.53 bits per heavy atom.